The number of piperidine rings is 1. The molecule has 1 aromatic carbocycles. The van der Waals surface area contributed by atoms with Crippen molar-refractivity contribution in [3.05, 3.63) is 29.6 Å². The summed E-state index contributed by atoms with van der Waals surface area (Å²) in [6.07, 6.45) is 2.27. The lowest BCUT2D eigenvalue weighted by Crippen LogP contribution is -2.47. The third-order valence-electron chi connectivity index (χ3n) is 4.22. The molecule has 1 aromatic rings. The van der Waals surface area contributed by atoms with Crippen LogP contribution in [-0.2, 0) is 4.79 Å². The number of nitrogens with one attached hydrogen (secondary N) is 1. The zero-order valence-corrected chi connectivity index (χ0v) is 13.6. The highest BCUT2D eigenvalue weighted by Gasteiger charge is 2.23. The van der Waals surface area contributed by atoms with Crippen molar-refractivity contribution in [2.75, 3.05) is 27.2 Å². The number of ether oxygens (including phenoxy) is 1. The summed E-state index contributed by atoms with van der Waals surface area (Å²) in [7, 11) is 3.26. The highest BCUT2D eigenvalue weighted by Crippen LogP contribution is 2.19. The number of likely N-dealkylation sites (N-methyl/N-ethyl adjacent to an activating group) is 1. The van der Waals surface area contributed by atoms with Crippen molar-refractivity contribution in [2.24, 2.45) is 0 Å². The first-order valence-electron chi connectivity index (χ1n) is 7.87. The van der Waals surface area contributed by atoms with Crippen LogP contribution in [0, 0.1) is 5.82 Å². The van der Waals surface area contributed by atoms with Gasteiger partial charge in [0.15, 0.2) is 17.3 Å². The maximum absolute atomic E-state index is 13.6. The Morgan fingerprint density at radius 1 is 1.39 bits per heavy atom. The minimum atomic E-state index is -0.572. The Hall–Kier alpha value is -1.95. The number of hydrogen-bond donors (Lipinski definition) is 1. The molecule has 1 aliphatic rings. The monoisotopic (exact) mass is 322 g/mol. The molecule has 1 saturated heterocycles. The van der Waals surface area contributed by atoms with E-state index in [-0.39, 0.29) is 35.8 Å². The number of likely N-dealkylation sites (tertiary alicyclic amines) is 1. The molecule has 0 saturated carbocycles. The fraction of sp³-hybridized carbons (Fsp3) is 0.529. The summed E-state index contributed by atoms with van der Waals surface area (Å²) >= 11 is 0. The second-order valence-electron chi connectivity index (χ2n) is 5.74. The molecule has 0 aliphatic carbocycles. The first-order chi connectivity index (χ1) is 11.0. The van der Waals surface area contributed by atoms with Crippen LogP contribution in [0.1, 0.15) is 36.0 Å². The summed E-state index contributed by atoms with van der Waals surface area (Å²) in [6, 6.07) is 4.42. The van der Waals surface area contributed by atoms with Gasteiger partial charge in [-0.2, -0.15) is 0 Å². The van der Waals surface area contributed by atoms with Crippen molar-refractivity contribution in [3.8, 4) is 5.75 Å². The number of amides is 1. The number of Topliss-reactive ketones (excluding diaryl/α,β-unsaturated/α-hetero) is 1. The van der Waals surface area contributed by atoms with Crippen LogP contribution >= 0.6 is 0 Å². The number of carbonyl (C=O) groups excluding carboxylic acids is 2. The molecule has 1 unspecified atom stereocenters. The predicted octanol–water partition coefficient (Wildman–Crippen LogP) is 2.01. The van der Waals surface area contributed by atoms with Crippen molar-refractivity contribution in [1.29, 1.82) is 0 Å². The summed E-state index contributed by atoms with van der Waals surface area (Å²) < 4.78 is 18.4. The fourth-order valence-corrected chi connectivity index (χ4v) is 2.80. The molecule has 1 fully saturated rings. The molecule has 1 atom stereocenters. The van der Waals surface area contributed by atoms with Crippen LogP contribution in [0.5, 0.6) is 5.75 Å². The topological polar surface area (TPSA) is 58.6 Å². The fourth-order valence-electron chi connectivity index (χ4n) is 2.80. The largest absolute Gasteiger partial charge is 0.494 e. The Bertz CT molecular complexity index is 577. The molecule has 1 aliphatic heterocycles. The summed E-state index contributed by atoms with van der Waals surface area (Å²) in [5.41, 5.74) is 0.267. The summed E-state index contributed by atoms with van der Waals surface area (Å²) in [4.78, 5) is 26.1. The van der Waals surface area contributed by atoms with Crippen molar-refractivity contribution >= 4 is 11.7 Å². The van der Waals surface area contributed by atoms with Crippen molar-refractivity contribution in [2.45, 2.75) is 31.7 Å². The zero-order valence-electron chi connectivity index (χ0n) is 13.6. The van der Waals surface area contributed by atoms with Gasteiger partial charge in [0.2, 0.25) is 5.91 Å². The number of methoxy groups -OCH3 is 1. The normalized spacial score (nSPS) is 17.9. The van der Waals surface area contributed by atoms with Gasteiger partial charge in [-0.25, -0.2) is 4.39 Å². The Morgan fingerprint density at radius 2 is 2.17 bits per heavy atom. The lowest BCUT2D eigenvalue weighted by Gasteiger charge is -2.32. The van der Waals surface area contributed by atoms with Gasteiger partial charge in [0.25, 0.3) is 0 Å². The molecule has 0 spiro atoms. The van der Waals surface area contributed by atoms with Crippen molar-refractivity contribution in [1.82, 2.24) is 10.2 Å². The summed E-state index contributed by atoms with van der Waals surface area (Å²) in [5, 5.41) is 3.18. The molecule has 0 aromatic heterocycles. The molecular formula is C17H23FN2O3. The van der Waals surface area contributed by atoms with Gasteiger partial charge in [0.1, 0.15) is 0 Å². The third kappa shape index (κ3) is 4.51. The second kappa shape index (κ2) is 8.06. The van der Waals surface area contributed by atoms with Crippen LogP contribution < -0.4 is 10.1 Å². The average Bonchev–Trinajstić information content (AvgIpc) is 2.59. The van der Waals surface area contributed by atoms with Crippen LogP contribution in [0.25, 0.3) is 0 Å². The molecule has 6 heteroatoms. The molecule has 1 amide bonds. The Labute approximate surface area is 135 Å². The van der Waals surface area contributed by atoms with Gasteiger partial charge in [-0.15, -0.1) is 0 Å². The van der Waals surface area contributed by atoms with E-state index < -0.39 is 5.82 Å². The average molecular weight is 322 g/mol. The van der Waals surface area contributed by atoms with Gasteiger partial charge >= 0.3 is 0 Å². The smallest absolute Gasteiger partial charge is 0.223 e. The highest BCUT2D eigenvalue weighted by atomic mass is 19.1. The van der Waals surface area contributed by atoms with Crippen LogP contribution in [0.3, 0.4) is 0 Å². The molecule has 1 N–H and O–H groups in total. The number of nitrogens with zero attached hydrogens (tertiary/aromatic N) is 1. The van der Waals surface area contributed by atoms with E-state index in [1.165, 1.54) is 19.2 Å². The van der Waals surface area contributed by atoms with Crippen molar-refractivity contribution in [3.63, 3.8) is 0 Å². The van der Waals surface area contributed by atoms with E-state index in [0.29, 0.717) is 12.6 Å². The maximum atomic E-state index is 13.6. The number of ketones is 1. The molecule has 2 rings (SSSR count). The molecule has 1 heterocycles. The molecule has 0 radical (unpaired) electrons. The van der Waals surface area contributed by atoms with Gasteiger partial charge in [0.05, 0.1) is 7.11 Å². The van der Waals surface area contributed by atoms with Crippen LogP contribution in [0.15, 0.2) is 18.2 Å². The molecule has 0 bridgehead atoms. The van der Waals surface area contributed by atoms with Crippen LogP contribution in [-0.4, -0.2) is 49.9 Å². The standard InChI is InChI=1S/C17H23FN2O3/c1-19-13-4-3-9-20(11-13)17(22)8-6-15(21)12-5-7-16(23-2)14(18)10-12/h5,7,10,13,19H,3-4,6,8-9,11H2,1-2H3. The molecule has 23 heavy (non-hydrogen) atoms. The van der Waals surface area contributed by atoms with E-state index >= 15 is 0 Å². The minimum absolute atomic E-state index is 0.0210. The minimum Gasteiger partial charge on any atom is -0.494 e. The van der Waals surface area contributed by atoms with E-state index in [1.807, 2.05) is 7.05 Å². The van der Waals surface area contributed by atoms with E-state index in [1.54, 1.807) is 4.90 Å². The molecule has 126 valence electrons. The Morgan fingerprint density at radius 3 is 2.83 bits per heavy atom. The summed E-state index contributed by atoms with van der Waals surface area (Å²) in [6.45, 7) is 1.42. The first kappa shape index (κ1) is 17.4. The molecule has 5 nitrogen and oxygen atoms in total. The van der Waals surface area contributed by atoms with Gasteiger partial charge in [-0.1, -0.05) is 0 Å². The predicted molar refractivity (Wildman–Crippen MR) is 85.2 cm³/mol. The van der Waals surface area contributed by atoms with Gasteiger partial charge in [-0.3, -0.25) is 9.59 Å². The van der Waals surface area contributed by atoms with Gasteiger partial charge in [0, 0.05) is 37.5 Å². The van der Waals surface area contributed by atoms with Crippen LogP contribution in [0.4, 0.5) is 4.39 Å². The quantitative estimate of drug-likeness (QED) is 0.814. The van der Waals surface area contributed by atoms with E-state index in [2.05, 4.69) is 5.32 Å². The summed E-state index contributed by atoms with van der Waals surface area (Å²) in [5.74, 6) is -0.726. The number of hydrogen-bond acceptors (Lipinski definition) is 4. The second-order valence-corrected chi connectivity index (χ2v) is 5.74. The number of benzene rings is 1. The number of rotatable bonds is 6. The first-order valence-corrected chi connectivity index (χ1v) is 7.87. The van der Waals surface area contributed by atoms with Gasteiger partial charge in [-0.05, 0) is 38.1 Å². The number of halogens is 1. The molecular weight excluding hydrogens is 299 g/mol. The van der Waals surface area contributed by atoms with Crippen LogP contribution in [0.2, 0.25) is 0 Å². The van der Waals surface area contributed by atoms with E-state index in [9.17, 15) is 14.0 Å². The zero-order chi connectivity index (χ0) is 16.8. The van der Waals surface area contributed by atoms with E-state index in [0.717, 1.165) is 25.5 Å². The Kier molecular flexibility index (Phi) is 6.10. The Balaban J connectivity index is 1.88. The van der Waals surface area contributed by atoms with Gasteiger partial charge < -0.3 is 15.0 Å². The lowest BCUT2D eigenvalue weighted by atomic mass is 10.0. The highest BCUT2D eigenvalue weighted by molar-refractivity contribution is 5.98. The maximum Gasteiger partial charge on any atom is 0.223 e. The lowest BCUT2D eigenvalue weighted by molar-refractivity contribution is -0.132. The van der Waals surface area contributed by atoms with Crippen molar-refractivity contribution < 1.29 is 18.7 Å². The number of carbonyl (C=O) groups is 2. The van der Waals surface area contributed by atoms with E-state index in [4.69, 9.17) is 4.74 Å². The third-order valence-corrected chi connectivity index (χ3v) is 4.22. The SMILES string of the molecule is CNC1CCCN(C(=O)CCC(=O)c2ccc(OC)c(F)c2)C1.